The van der Waals surface area contributed by atoms with E-state index in [-0.39, 0.29) is 24.6 Å². The number of rotatable bonds is 9. The number of carbonyl (C=O) groups excluding carboxylic acids is 1. The molecule has 4 rings (SSSR count). The lowest BCUT2D eigenvalue weighted by Crippen LogP contribution is -2.58. The number of nitrogens with zero attached hydrogens (tertiary/aromatic N) is 2. The van der Waals surface area contributed by atoms with Crippen LogP contribution in [0, 0.1) is 11.6 Å². The van der Waals surface area contributed by atoms with Gasteiger partial charge in [-0.1, -0.05) is 19.1 Å². The first-order valence-corrected chi connectivity index (χ1v) is 12.5. The van der Waals surface area contributed by atoms with Gasteiger partial charge in [0.15, 0.2) is 11.6 Å². The van der Waals surface area contributed by atoms with Gasteiger partial charge in [-0.05, 0) is 72.6 Å². The van der Waals surface area contributed by atoms with Gasteiger partial charge >= 0.3 is 0 Å². The maximum absolute atomic E-state index is 13.7. The normalized spacial score (nSPS) is 16.2. The highest BCUT2D eigenvalue weighted by atomic mass is 19.1. The van der Waals surface area contributed by atoms with Crippen LogP contribution in [0.2, 0.25) is 0 Å². The smallest absolute Gasteiger partial charge is 0.217 e. The highest BCUT2D eigenvalue weighted by Crippen LogP contribution is 2.33. The largest absolute Gasteiger partial charge is 0.363 e. The van der Waals surface area contributed by atoms with Crippen molar-refractivity contribution in [1.29, 1.82) is 0 Å². The average molecular weight is 511 g/mol. The molecule has 1 aliphatic rings. The Bertz CT molecular complexity index is 1230. The predicted molar refractivity (Wildman–Crippen MR) is 135 cm³/mol. The van der Waals surface area contributed by atoms with Crippen molar-refractivity contribution in [3.05, 3.63) is 82.7 Å². The lowest BCUT2D eigenvalue weighted by molar-refractivity contribution is -0.182. The van der Waals surface area contributed by atoms with Gasteiger partial charge in [-0.25, -0.2) is 18.7 Å². The Balaban J connectivity index is 1.52. The molecule has 7 nitrogen and oxygen atoms in total. The number of hydrogen-bond donors (Lipinski definition) is 4. The minimum absolute atomic E-state index is 0.165. The van der Waals surface area contributed by atoms with Crippen LogP contribution in [0.5, 0.6) is 0 Å². The molecule has 4 N–H and O–H groups in total. The standard InChI is InChI=1S/C28H32F2N4O3/c1-3-18-14-31-27(32-15-18)21-8-7-20-5-4-6-25(24(20)12-21)33-16-28(36,37)26(34-17(2)35)11-19-9-22(29)13-23(30)10-19/h7-10,12-15,25-26,33,36-37H,3-6,11,16H2,1-2H3,(H,34,35)/t25?,26-/m0/s1. The summed E-state index contributed by atoms with van der Waals surface area (Å²) in [6.45, 7) is 3.02. The molecule has 3 aromatic rings. The third kappa shape index (κ3) is 6.74. The summed E-state index contributed by atoms with van der Waals surface area (Å²) >= 11 is 0. The summed E-state index contributed by atoms with van der Waals surface area (Å²) in [5.41, 5.74) is 4.32. The Labute approximate surface area is 215 Å². The van der Waals surface area contributed by atoms with Gasteiger partial charge in [0.25, 0.3) is 0 Å². The van der Waals surface area contributed by atoms with E-state index in [2.05, 4.69) is 26.7 Å². The Morgan fingerprint density at radius 1 is 1.11 bits per heavy atom. The summed E-state index contributed by atoms with van der Waals surface area (Å²) in [4.78, 5) is 20.7. The first-order chi connectivity index (χ1) is 17.6. The molecular weight excluding hydrogens is 478 g/mol. The second kappa shape index (κ2) is 11.4. The number of fused-ring (bicyclic) bond motifs is 1. The Kier molecular flexibility index (Phi) is 8.26. The van der Waals surface area contributed by atoms with Crippen LogP contribution in [0.1, 0.15) is 55.0 Å². The fourth-order valence-corrected chi connectivity index (χ4v) is 4.77. The van der Waals surface area contributed by atoms with Crippen LogP contribution in [-0.4, -0.2) is 44.5 Å². The molecule has 2 atom stereocenters. The summed E-state index contributed by atoms with van der Waals surface area (Å²) < 4.78 is 27.4. The van der Waals surface area contributed by atoms with Crippen molar-refractivity contribution in [2.24, 2.45) is 0 Å². The van der Waals surface area contributed by atoms with Crippen LogP contribution in [0.3, 0.4) is 0 Å². The third-order valence-corrected chi connectivity index (χ3v) is 6.74. The molecule has 1 amide bonds. The second-order valence-corrected chi connectivity index (χ2v) is 9.62. The lowest BCUT2D eigenvalue weighted by atomic mass is 9.86. The monoisotopic (exact) mass is 510 g/mol. The number of amides is 1. The van der Waals surface area contributed by atoms with E-state index in [1.54, 1.807) is 0 Å². The van der Waals surface area contributed by atoms with E-state index >= 15 is 0 Å². The SMILES string of the molecule is CCc1cnc(-c2ccc3c(c2)C(NCC(O)(O)[C@H](Cc2cc(F)cc(F)c2)NC(C)=O)CCC3)nc1. The third-order valence-electron chi connectivity index (χ3n) is 6.74. The fourth-order valence-electron chi connectivity index (χ4n) is 4.77. The first kappa shape index (κ1) is 26.8. The number of aliphatic hydroxyl groups is 2. The predicted octanol–water partition coefficient (Wildman–Crippen LogP) is 3.38. The van der Waals surface area contributed by atoms with Gasteiger partial charge < -0.3 is 20.8 Å². The van der Waals surface area contributed by atoms with Gasteiger partial charge in [0.2, 0.25) is 5.91 Å². The molecule has 1 aliphatic carbocycles. The molecule has 1 aromatic heterocycles. The molecule has 0 saturated carbocycles. The zero-order valence-corrected chi connectivity index (χ0v) is 21.0. The molecule has 2 aromatic carbocycles. The van der Waals surface area contributed by atoms with E-state index in [0.717, 1.165) is 66.1 Å². The van der Waals surface area contributed by atoms with Crippen molar-refractivity contribution in [2.75, 3.05) is 6.54 Å². The van der Waals surface area contributed by atoms with E-state index in [0.29, 0.717) is 5.82 Å². The molecule has 0 saturated heterocycles. The molecule has 37 heavy (non-hydrogen) atoms. The number of hydrogen-bond acceptors (Lipinski definition) is 6. The van der Waals surface area contributed by atoms with Crippen LogP contribution in [0.25, 0.3) is 11.4 Å². The van der Waals surface area contributed by atoms with E-state index in [1.807, 2.05) is 31.5 Å². The molecule has 0 aliphatic heterocycles. The van der Waals surface area contributed by atoms with Crippen molar-refractivity contribution in [2.45, 2.75) is 63.8 Å². The highest BCUT2D eigenvalue weighted by Gasteiger charge is 2.36. The molecule has 0 bridgehead atoms. The molecule has 196 valence electrons. The minimum Gasteiger partial charge on any atom is -0.363 e. The number of aromatic nitrogens is 2. The Morgan fingerprint density at radius 2 is 1.81 bits per heavy atom. The molecule has 0 spiro atoms. The van der Waals surface area contributed by atoms with E-state index in [4.69, 9.17) is 0 Å². The first-order valence-electron chi connectivity index (χ1n) is 12.5. The van der Waals surface area contributed by atoms with Crippen molar-refractivity contribution >= 4 is 5.91 Å². The fraction of sp³-hybridized carbons (Fsp3) is 0.393. The highest BCUT2D eigenvalue weighted by molar-refractivity contribution is 5.73. The zero-order chi connectivity index (χ0) is 26.6. The van der Waals surface area contributed by atoms with E-state index in [1.165, 1.54) is 6.92 Å². The van der Waals surface area contributed by atoms with Crippen molar-refractivity contribution in [1.82, 2.24) is 20.6 Å². The number of benzene rings is 2. The van der Waals surface area contributed by atoms with Crippen molar-refractivity contribution < 1.29 is 23.8 Å². The van der Waals surface area contributed by atoms with Gasteiger partial charge in [-0.2, -0.15) is 0 Å². The van der Waals surface area contributed by atoms with Gasteiger partial charge in [0, 0.05) is 37.0 Å². The number of carbonyl (C=O) groups is 1. The summed E-state index contributed by atoms with van der Waals surface area (Å²) in [6, 6.07) is 7.67. The number of aryl methyl sites for hydroxylation is 2. The van der Waals surface area contributed by atoms with Crippen LogP contribution in [0.4, 0.5) is 8.78 Å². The van der Waals surface area contributed by atoms with Crippen molar-refractivity contribution in [3.63, 3.8) is 0 Å². The summed E-state index contributed by atoms with van der Waals surface area (Å²) in [6.07, 6.45) is 6.93. The van der Waals surface area contributed by atoms with Crippen molar-refractivity contribution in [3.8, 4) is 11.4 Å². The summed E-state index contributed by atoms with van der Waals surface area (Å²) in [5, 5.41) is 27.7. The summed E-state index contributed by atoms with van der Waals surface area (Å²) in [7, 11) is 0. The lowest BCUT2D eigenvalue weighted by Gasteiger charge is -2.35. The molecule has 0 fully saturated rings. The van der Waals surface area contributed by atoms with Crippen LogP contribution in [0.15, 0.2) is 48.8 Å². The maximum atomic E-state index is 13.7. The van der Waals surface area contributed by atoms with Gasteiger partial charge in [0.1, 0.15) is 11.6 Å². The van der Waals surface area contributed by atoms with E-state index < -0.39 is 29.4 Å². The molecular formula is C28H32F2N4O3. The molecule has 1 heterocycles. The minimum atomic E-state index is -2.39. The van der Waals surface area contributed by atoms with Gasteiger partial charge in [-0.15, -0.1) is 0 Å². The van der Waals surface area contributed by atoms with Crippen LogP contribution < -0.4 is 10.6 Å². The number of nitrogens with one attached hydrogen (secondary N) is 2. The average Bonchev–Trinajstić information content (AvgIpc) is 2.86. The van der Waals surface area contributed by atoms with Gasteiger partial charge in [-0.3, -0.25) is 4.79 Å². The molecule has 0 radical (unpaired) electrons. The molecule has 1 unspecified atom stereocenters. The van der Waals surface area contributed by atoms with Crippen LogP contribution >= 0.6 is 0 Å². The zero-order valence-electron chi connectivity index (χ0n) is 21.0. The quantitative estimate of drug-likeness (QED) is 0.329. The maximum Gasteiger partial charge on any atom is 0.217 e. The second-order valence-electron chi connectivity index (χ2n) is 9.62. The summed E-state index contributed by atoms with van der Waals surface area (Å²) in [5.74, 6) is -3.81. The molecule has 9 heteroatoms. The topological polar surface area (TPSA) is 107 Å². The van der Waals surface area contributed by atoms with E-state index in [9.17, 15) is 23.8 Å². The van der Waals surface area contributed by atoms with Crippen LogP contribution in [-0.2, 0) is 24.1 Å². The Morgan fingerprint density at radius 3 is 2.46 bits per heavy atom. The number of halogens is 2. The van der Waals surface area contributed by atoms with Gasteiger partial charge in [0.05, 0.1) is 12.6 Å². The Hall–Kier alpha value is -3.27.